The second-order valence-corrected chi connectivity index (χ2v) is 16.2. The fourth-order valence-electron chi connectivity index (χ4n) is 7.24. The van der Waals surface area contributed by atoms with Gasteiger partial charge < -0.3 is 0 Å². The van der Waals surface area contributed by atoms with Crippen molar-refractivity contribution in [2.24, 2.45) is 0 Å². The van der Waals surface area contributed by atoms with Crippen LogP contribution in [0.15, 0.2) is 232 Å². The Balaban J connectivity index is 0.000000264. The summed E-state index contributed by atoms with van der Waals surface area (Å²) >= 11 is 0. The number of hydrogen-bond donors (Lipinski definition) is 0. The standard InChI is InChI=1S/C37H40.C14H14.C13H12.C2H6/c1-6-9-10-11-12-14-18-29(4)34-21-17-22-35(27-34)36-26-25-32(8-3)37(28-36)30(5)23-24-31(7-2)33-19-15-13-16-20-33;1-11-3-7-13(8-4-11)14-9-5-12(2)6-10-14;1-11-6-5-9-13(10-11)12-7-3-2-4-8-12;1-2/h7,11-28H,4-6,8-10H2,1-3H3;3-10H,1-2H3;2-10H,1H3;1-2H3/b12-11-,18-14-,24-23-,31-7+;;;. The third-order valence-corrected chi connectivity index (χ3v) is 11.1. The number of aryl methyl sites for hydroxylation is 4. The molecule has 0 radical (unpaired) electrons. The zero-order valence-corrected chi connectivity index (χ0v) is 41.0. The maximum Gasteiger partial charge on any atom is -0.0152 e. The topological polar surface area (TPSA) is 0 Å². The van der Waals surface area contributed by atoms with Gasteiger partial charge in [-0.05, 0) is 125 Å². The molecule has 0 fully saturated rings. The van der Waals surface area contributed by atoms with Crippen LogP contribution in [-0.4, -0.2) is 0 Å². The van der Waals surface area contributed by atoms with Gasteiger partial charge in [0.1, 0.15) is 0 Å². The highest BCUT2D eigenvalue weighted by molar-refractivity contribution is 5.84. The maximum atomic E-state index is 4.43. The van der Waals surface area contributed by atoms with E-state index in [1.807, 2.05) is 26.0 Å². The monoisotopic (exact) mass is 865 g/mol. The fraction of sp³-hybridized carbons (Fsp3) is 0.182. The van der Waals surface area contributed by atoms with Gasteiger partial charge in [0.2, 0.25) is 0 Å². The second kappa shape index (κ2) is 28.7. The first-order chi connectivity index (χ1) is 32.2. The van der Waals surface area contributed by atoms with E-state index in [1.54, 1.807) is 0 Å². The van der Waals surface area contributed by atoms with Crippen LogP contribution in [0.5, 0.6) is 0 Å². The van der Waals surface area contributed by atoms with E-state index >= 15 is 0 Å². The molecule has 0 aliphatic rings. The number of allylic oxidation sites excluding steroid dienone is 10. The molecule has 0 nitrogen and oxygen atoms in total. The van der Waals surface area contributed by atoms with E-state index in [4.69, 9.17) is 0 Å². The van der Waals surface area contributed by atoms with Crippen molar-refractivity contribution in [3.63, 3.8) is 0 Å². The van der Waals surface area contributed by atoms with Gasteiger partial charge in [-0.15, -0.1) is 0 Å². The van der Waals surface area contributed by atoms with Crippen molar-refractivity contribution in [2.45, 2.75) is 81.1 Å². The first-order valence-corrected chi connectivity index (χ1v) is 23.8. The molecular weight excluding hydrogens is 793 g/mol. The highest BCUT2D eigenvalue weighted by Crippen LogP contribution is 2.30. The number of unbranched alkanes of at least 4 members (excludes halogenated alkanes) is 2. The van der Waals surface area contributed by atoms with E-state index in [0.29, 0.717) is 0 Å². The van der Waals surface area contributed by atoms with E-state index < -0.39 is 0 Å². The summed E-state index contributed by atoms with van der Waals surface area (Å²) in [6.45, 7) is 25.6. The van der Waals surface area contributed by atoms with Crippen molar-refractivity contribution >= 4 is 16.7 Å². The van der Waals surface area contributed by atoms with Gasteiger partial charge in [-0.25, -0.2) is 0 Å². The summed E-state index contributed by atoms with van der Waals surface area (Å²) in [6.07, 6.45) is 19.5. The minimum Gasteiger partial charge on any atom is -0.0912 e. The third kappa shape index (κ3) is 16.8. The summed E-state index contributed by atoms with van der Waals surface area (Å²) < 4.78 is 0. The van der Waals surface area contributed by atoms with Crippen molar-refractivity contribution in [3.8, 4) is 33.4 Å². The van der Waals surface area contributed by atoms with Gasteiger partial charge in [0.05, 0.1) is 0 Å². The largest absolute Gasteiger partial charge is 0.0912 e. The molecule has 0 aliphatic heterocycles. The fourth-order valence-corrected chi connectivity index (χ4v) is 7.24. The zero-order chi connectivity index (χ0) is 47.5. The van der Waals surface area contributed by atoms with Crippen LogP contribution in [0.3, 0.4) is 0 Å². The SMILES string of the molecule is C=C(/C=C\C=C/CCCC)c1cccc(-c2ccc(CC)c(C(=C)/C=C\C(=C/C)c3ccccc3)c2)c1.CC.Cc1ccc(-c2ccc(C)cc2)cc1.Cc1cccc(-c2ccccc2)c1. The molecule has 0 heterocycles. The minimum absolute atomic E-state index is 0.963. The highest BCUT2D eigenvalue weighted by Gasteiger charge is 2.08. The molecule has 0 N–H and O–H groups in total. The summed E-state index contributed by atoms with van der Waals surface area (Å²) in [5.41, 5.74) is 19.5. The predicted octanol–water partition coefficient (Wildman–Crippen LogP) is 19.6. The van der Waals surface area contributed by atoms with Crippen LogP contribution in [0.4, 0.5) is 0 Å². The maximum absolute atomic E-state index is 4.43. The number of benzene rings is 7. The Kier molecular flexibility index (Phi) is 22.4. The molecule has 7 rings (SSSR count). The molecule has 0 heteroatoms. The Bertz CT molecular complexity index is 2600. The van der Waals surface area contributed by atoms with Crippen molar-refractivity contribution in [1.29, 1.82) is 0 Å². The average Bonchev–Trinajstić information content (AvgIpc) is 3.37. The first-order valence-electron chi connectivity index (χ1n) is 23.8. The molecule has 0 bridgehead atoms. The van der Waals surface area contributed by atoms with Gasteiger partial charge in [-0.2, -0.15) is 0 Å². The first kappa shape index (κ1) is 51.6. The van der Waals surface area contributed by atoms with Crippen LogP contribution in [0.1, 0.15) is 92.8 Å². The molecule has 0 amide bonds. The molecule has 0 unspecified atom stereocenters. The Morgan fingerprint density at radius 2 is 0.970 bits per heavy atom. The lowest BCUT2D eigenvalue weighted by Crippen LogP contribution is -1.92. The number of hydrogen-bond acceptors (Lipinski definition) is 0. The Hall–Kier alpha value is -7.02. The third-order valence-electron chi connectivity index (χ3n) is 11.1. The molecule has 0 aliphatic carbocycles. The molecule has 0 aromatic heterocycles. The van der Waals surface area contributed by atoms with Crippen LogP contribution in [0, 0.1) is 20.8 Å². The van der Waals surface area contributed by atoms with Crippen LogP contribution in [-0.2, 0) is 6.42 Å². The van der Waals surface area contributed by atoms with Gasteiger partial charge in [0.15, 0.2) is 0 Å². The van der Waals surface area contributed by atoms with Gasteiger partial charge in [-0.3, -0.25) is 0 Å². The molecule has 7 aromatic rings. The zero-order valence-electron chi connectivity index (χ0n) is 41.0. The lowest BCUT2D eigenvalue weighted by atomic mass is 9.92. The normalized spacial score (nSPS) is 11.0. The van der Waals surface area contributed by atoms with Crippen molar-refractivity contribution < 1.29 is 0 Å². The quantitative estimate of drug-likeness (QED) is 0.0755. The summed E-state index contributed by atoms with van der Waals surface area (Å²) in [4.78, 5) is 0. The lowest BCUT2D eigenvalue weighted by Gasteiger charge is -2.13. The van der Waals surface area contributed by atoms with Gasteiger partial charge in [-0.1, -0.05) is 277 Å². The Morgan fingerprint density at radius 3 is 1.55 bits per heavy atom. The van der Waals surface area contributed by atoms with Gasteiger partial charge >= 0.3 is 0 Å². The van der Waals surface area contributed by atoms with E-state index in [-0.39, 0.29) is 0 Å². The average molecular weight is 865 g/mol. The van der Waals surface area contributed by atoms with Crippen molar-refractivity contribution in [3.05, 3.63) is 271 Å². The molecule has 66 heavy (non-hydrogen) atoms. The van der Waals surface area contributed by atoms with E-state index in [0.717, 1.165) is 29.6 Å². The minimum atomic E-state index is 0.963. The molecule has 0 spiro atoms. The summed E-state index contributed by atoms with van der Waals surface area (Å²) in [5, 5.41) is 0. The Morgan fingerprint density at radius 1 is 0.455 bits per heavy atom. The van der Waals surface area contributed by atoms with Crippen LogP contribution in [0.25, 0.3) is 50.1 Å². The molecule has 7 aromatic carbocycles. The summed E-state index contributed by atoms with van der Waals surface area (Å²) in [6, 6.07) is 62.1. The molecular formula is C66H72. The van der Waals surface area contributed by atoms with Gasteiger partial charge in [0.25, 0.3) is 0 Å². The molecule has 0 atom stereocenters. The second-order valence-electron chi connectivity index (χ2n) is 16.2. The molecule has 0 saturated heterocycles. The lowest BCUT2D eigenvalue weighted by molar-refractivity contribution is 0.815. The van der Waals surface area contributed by atoms with Crippen molar-refractivity contribution in [2.75, 3.05) is 0 Å². The Labute approximate surface area is 399 Å². The highest BCUT2D eigenvalue weighted by atomic mass is 14.1. The molecule has 0 saturated carbocycles. The van der Waals surface area contributed by atoms with E-state index in [9.17, 15) is 0 Å². The van der Waals surface area contributed by atoms with Crippen LogP contribution >= 0.6 is 0 Å². The van der Waals surface area contributed by atoms with Crippen LogP contribution in [0.2, 0.25) is 0 Å². The number of rotatable bonds is 14. The predicted molar refractivity (Wildman–Crippen MR) is 296 cm³/mol. The van der Waals surface area contributed by atoms with Crippen LogP contribution < -0.4 is 0 Å². The van der Waals surface area contributed by atoms with Gasteiger partial charge in [0, 0.05) is 0 Å². The molecule has 336 valence electrons. The smallest absolute Gasteiger partial charge is 0.0152 e. The summed E-state index contributed by atoms with van der Waals surface area (Å²) in [5.74, 6) is 0. The van der Waals surface area contributed by atoms with Crippen molar-refractivity contribution in [1.82, 2.24) is 0 Å². The van der Waals surface area contributed by atoms with E-state index in [1.165, 1.54) is 85.2 Å². The summed E-state index contributed by atoms with van der Waals surface area (Å²) in [7, 11) is 0. The van der Waals surface area contributed by atoms with E-state index in [2.05, 4.69) is 261 Å².